The van der Waals surface area contributed by atoms with Crippen LogP contribution in [0.4, 0.5) is 0 Å². The van der Waals surface area contributed by atoms with Crippen LogP contribution in [0.15, 0.2) is 0 Å². The van der Waals surface area contributed by atoms with Crippen LogP contribution >= 0.6 is 0 Å². The van der Waals surface area contributed by atoms with Gasteiger partial charge >= 0.3 is 0 Å². The average Bonchev–Trinajstić information content (AvgIpc) is 3.15. The zero-order chi connectivity index (χ0) is 21.9. The molecule has 2 N–H and O–H groups in total. The standard InChI is InChI=1S/C23H36N4O2/c1-9-26(10-2)22(28)20-16(7)14(5)18(24-20)13-19-15(6)17(8)21(25-19)23(29)27(11-3)12-4/h24-25H,9-13H2,1-8H3. The molecule has 0 aliphatic rings. The van der Waals surface area contributed by atoms with Crippen LogP contribution in [-0.2, 0) is 6.42 Å². The van der Waals surface area contributed by atoms with Crippen molar-refractivity contribution in [3.8, 4) is 0 Å². The van der Waals surface area contributed by atoms with Gasteiger partial charge in [-0.05, 0) is 77.6 Å². The van der Waals surface area contributed by atoms with Gasteiger partial charge in [0.25, 0.3) is 11.8 Å². The smallest absolute Gasteiger partial charge is 0.270 e. The molecule has 160 valence electrons. The zero-order valence-electron chi connectivity index (χ0n) is 19.2. The highest BCUT2D eigenvalue weighted by atomic mass is 16.2. The van der Waals surface area contributed by atoms with Crippen LogP contribution in [0, 0.1) is 27.7 Å². The average molecular weight is 401 g/mol. The zero-order valence-corrected chi connectivity index (χ0v) is 19.2. The molecular weight excluding hydrogens is 364 g/mol. The number of carbonyl (C=O) groups is 2. The van der Waals surface area contributed by atoms with E-state index in [-0.39, 0.29) is 11.8 Å². The monoisotopic (exact) mass is 400 g/mol. The summed E-state index contributed by atoms with van der Waals surface area (Å²) in [4.78, 5) is 36.1. The van der Waals surface area contributed by atoms with Crippen molar-refractivity contribution in [1.82, 2.24) is 19.8 Å². The fourth-order valence-corrected chi connectivity index (χ4v) is 3.80. The van der Waals surface area contributed by atoms with Gasteiger partial charge in [-0.15, -0.1) is 0 Å². The summed E-state index contributed by atoms with van der Waals surface area (Å²) in [5.41, 5.74) is 7.57. The Balaban J connectivity index is 2.38. The van der Waals surface area contributed by atoms with Gasteiger partial charge in [-0.1, -0.05) is 0 Å². The maximum Gasteiger partial charge on any atom is 0.270 e. The van der Waals surface area contributed by atoms with Crippen molar-refractivity contribution in [1.29, 1.82) is 0 Å². The van der Waals surface area contributed by atoms with E-state index in [2.05, 4.69) is 9.97 Å². The first kappa shape index (κ1) is 22.8. The number of nitrogens with zero attached hydrogens (tertiary/aromatic N) is 2. The maximum absolute atomic E-state index is 12.8. The SMILES string of the molecule is CCN(CC)C(=O)c1[nH]c(Cc2[nH]c(C(=O)N(CC)CC)c(C)c2C)c(C)c1C. The van der Waals surface area contributed by atoms with Crippen LogP contribution in [0.1, 0.15) is 82.3 Å². The summed E-state index contributed by atoms with van der Waals surface area (Å²) in [6, 6.07) is 0. The summed E-state index contributed by atoms with van der Waals surface area (Å²) >= 11 is 0. The third kappa shape index (κ3) is 4.26. The Kier molecular flexibility index (Phi) is 7.33. The highest BCUT2D eigenvalue weighted by molar-refractivity contribution is 5.95. The van der Waals surface area contributed by atoms with Crippen molar-refractivity contribution in [3.05, 3.63) is 45.0 Å². The number of H-pyrrole nitrogens is 2. The van der Waals surface area contributed by atoms with E-state index in [4.69, 9.17) is 0 Å². The van der Waals surface area contributed by atoms with Gasteiger partial charge in [0.2, 0.25) is 0 Å². The summed E-state index contributed by atoms with van der Waals surface area (Å²) in [6.07, 6.45) is 0.635. The Hall–Kier alpha value is -2.50. The number of carbonyl (C=O) groups excluding carboxylic acids is 2. The quantitative estimate of drug-likeness (QED) is 0.699. The van der Waals surface area contributed by atoms with Gasteiger partial charge in [0, 0.05) is 44.0 Å². The van der Waals surface area contributed by atoms with E-state index in [1.165, 1.54) is 0 Å². The molecule has 0 aliphatic carbocycles. The van der Waals surface area contributed by atoms with E-state index in [1.54, 1.807) is 0 Å². The topological polar surface area (TPSA) is 72.2 Å². The van der Waals surface area contributed by atoms with Crippen molar-refractivity contribution < 1.29 is 9.59 Å². The summed E-state index contributed by atoms with van der Waals surface area (Å²) in [5, 5.41) is 0. The number of nitrogens with one attached hydrogen (secondary N) is 2. The minimum Gasteiger partial charge on any atom is -0.354 e. The molecule has 2 aromatic rings. The molecule has 0 unspecified atom stereocenters. The normalized spacial score (nSPS) is 11.0. The molecule has 0 atom stereocenters. The first-order chi connectivity index (χ1) is 13.7. The lowest BCUT2D eigenvalue weighted by Crippen LogP contribution is -2.31. The molecule has 0 aromatic carbocycles. The fourth-order valence-electron chi connectivity index (χ4n) is 3.80. The second kappa shape index (κ2) is 9.33. The molecule has 6 heteroatoms. The minimum atomic E-state index is 0.0404. The third-order valence-electron chi connectivity index (χ3n) is 6.21. The second-order valence-corrected chi connectivity index (χ2v) is 7.59. The summed E-state index contributed by atoms with van der Waals surface area (Å²) in [7, 11) is 0. The van der Waals surface area contributed by atoms with Crippen LogP contribution in [0.5, 0.6) is 0 Å². The van der Waals surface area contributed by atoms with Crippen LogP contribution in [-0.4, -0.2) is 57.8 Å². The van der Waals surface area contributed by atoms with Crippen molar-refractivity contribution in [2.45, 2.75) is 61.8 Å². The first-order valence-electron chi connectivity index (χ1n) is 10.7. The first-order valence-corrected chi connectivity index (χ1v) is 10.7. The molecule has 0 radical (unpaired) electrons. The number of amides is 2. The minimum absolute atomic E-state index is 0.0404. The van der Waals surface area contributed by atoms with Crippen LogP contribution in [0.2, 0.25) is 0 Å². The van der Waals surface area contributed by atoms with Crippen LogP contribution in [0.3, 0.4) is 0 Å². The lowest BCUT2D eigenvalue weighted by Gasteiger charge is -2.18. The van der Waals surface area contributed by atoms with Gasteiger partial charge in [-0.2, -0.15) is 0 Å². The van der Waals surface area contributed by atoms with E-state index < -0.39 is 0 Å². The van der Waals surface area contributed by atoms with Crippen LogP contribution in [0.25, 0.3) is 0 Å². The molecule has 0 spiro atoms. The van der Waals surface area contributed by atoms with Gasteiger partial charge in [-0.3, -0.25) is 9.59 Å². The largest absolute Gasteiger partial charge is 0.354 e. The van der Waals surface area contributed by atoms with Crippen molar-refractivity contribution in [2.24, 2.45) is 0 Å². The van der Waals surface area contributed by atoms with Gasteiger partial charge in [0.1, 0.15) is 11.4 Å². The number of rotatable bonds is 8. The Bertz CT molecular complexity index is 811. The van der Waals surface area contributed by atoms with Crippen LogP contribution < -0.4 is 0 Å². The Morgan fingerprint density at radius 3 is 1.21 bits per heavy atom. The highest BCUT2D eigenvalue weighted by Gasteiger charge is 2.23. The molecule has 29 heavy (non-hydrogen) atoms. The molecule has 2 heterocycles. The number of aromatic nitrogens is 2. The van der Waals surface area contributed by atoms with E-state index in [0.29, 0.717) is 44.0 Å². The lowest BCUT2D eigenvalue weighted by molar-refractivity contribution is 0.0759. The van der Waals surface area contributed by atoms with Crippen molar-refractivity contribution >= 4 is 11.8 Å². The molecule has 2 rings (SSSR count). The molecule has 6 nitrogen and oxygen atoms in total. The van der Waals surface area contributed by atoms with Crippen molar-refractivity contribution in [3.63, 3.8) is 0 Å². The molecule has 2 aromatic heterocycles. The number of aromatic amines is 2. The van der Waals surface area contributed by atoms with E-state index in [1.807, 2.05) is 65.2 Å². The third-order valence-corrected chi connectivity index (χ3v) is 6.21. The second-order valence-electron chi connectivity index (χ2n) is 7.59. The molecule has 0 bridgehead atoms. The lowest BCUT2D eigenvalue weighted by atomic mass is 10.1. The highest BCUT2D eigenvalue weighted by Crippen LogP contribution is 2.25. The summed E-state index contributed by atoms with van der Waals surface area (Å²) in [6.45, 7) is 18.8. The van der Waals surface area contributed by atoms with Gasteiger partial charge in [0.05, 0.1) is 0 Å². The van der Waals surface area contributed by atoms with E-state index in [0.717, 1.165) is 33.6 Å². The Morgan fingerprint density at radius 1 is 0.621 bits per heavy atom. The molecular formula is C23H36N4O2. The number of hydrogen-bond donors (Lipinski definition) is 2. The number of hydrogen-bond acceptors (Lipinski definition) is 2. The fraction of sp³-hybridized carbons (Fsp3) is 0.565. The molecule has 0 fully saturated rings. The predicted octanol–water partition coefficient (Wildman–Crippen LogP) is 4.13. The van der Waals surface area contributed by atoms with E-state index >= 15 is 0 Å². The Labute approximate surface area is 174 Å². The van der Waals surface area contributed by atoms with Crippen molar-refractivity contribution in [2.75, 3.05) is 26.2 Å². The van der Waals surface area contributed by atoms with Gasteiger partial charge in [-0.25, -0.2) is 0 Å². The molecule has 2 amide bonds. The van der Waals surface area contributed by atoms with E-state index in [9.17, 15) is 9.59 Å². The molecule has 0 saturated carbocycles. The molecule has 0 aliphatic heterocycles. The summed E-state index contributed by atoms with van der Waals surface area (Å²) in [5.74, 6) is 0.0808. The Morgan fingerprint density at radius 2 is 0.931 bits per heavy atom. The maximum atomic E-state index is 12.8. The predicted molar refractivity (Wildman–Crippen MR) is 118 cm³/mol. The molecule has 0 saturated heterocycles. The van der Waals surface area contributed by atoms with Gasteiger partial charge < -0.3 is 19.8 Å². The summed E-state index contributed by atoms with van der Waals surface area (Å²) < 4.78 is 0. The van der Waals surface area contributed by atoms with Gasteiger partial charge in [0.15, 0.2) is 0 Å².